The van der Waals surface area contributed by atoms with Gasteiger partial charge in [-0.2, -0.15) is 0 Å². The average Bonchev–Trinajstić information content (AvgIpc) is 2.41. The summed E-state index contributed by atoms with van der Waals surface area (Å²) in [6.45, 7) is 4.19. The summed E-state index contributed by atoms with van der Waals surface area (Å²) in [4.78, 5) is 4.04. The van der Waals surface area contributed by atoms with Crippen LogP contribution < -0.4 is 5.32 Å². The van der Waals surface area contributed by atoms with E-state index < -0.39 is 0 Å². The molecule has 1 saturated heterocycles. The van der Waals surface area contributed by atoms with Crippen LogP contribution in [0.25, 0.3) is 0 Å². The lowest BCUT2D eigenvalue weighted by Crippen LogP contribution is -2.39. The number of hydrogen-bond acceptors (Lipinski definition) is 3. The first-order valence-electron chi connectivity index (χ1n) is 7.12. The molecule has 0 spiro atoms. The van der Waals surface area contributed by atoms with Crippen molar-refractivity contribution < 1.29 is 4.74 Å². The van der Waals surface area contributed by atoms with Crippen LogP contribution in [0.2, 0.25) is 0 Å². The SMILES string of the molecule is CCCC1CC(NCCc2ccncc2)CCO1. The summed E-state index contributed by atoms with van der Waals surface area (Å²) in [7, 11) is 0. The molecule has 0 saturated carbocycles. The van der Waals surface area contributed by atoms with E-state index in [2.05, 4.69) is 29.4 Å². The molecule has 0 aliphatic carbocycles. The summed E-state index contributed by atoms with van der Waals surface area (Å²) < 4.78 is 5.76. The Balaban J connectivity index is 1.67. The molecule has 18 heavy (non-hydrogen) atoms. The lowest BCUT2D eigenvalue weighted by molar-refractivity contribution is -0.00300. The van der Waals surface area contributed by atoms with E-state index in [4.69, 9.17) is 4.74 Å². The number of nitrogens with zero attached hydrogens (tertiary/aromatic N) is 1. The summed E-state index contributed by atoms with van der Waals surface area (Å²) in [5.74, 6) is 0. The van der Waals surface area contributed by atoms with Crippen LogP contribution in [0.4, 0.5) is 0 Å². The molecule has 3 nitrogen and oxygen atoms in total. The molecular formula is C15H24N2O. The third kappa shape index (κ3) is 4.39. The Morgan fingerprint density at radius 1 is 1.39 bits per heavy atom. The van der Waals surface area contributed by atoms with Crippen LogP contribution >= 0.6 is 0 Å². The van der Waals surface area contributed by atoms with Gasteiger partial charge in [-0.25, -0.2) is 0 Å². The van der Waals surface area contributed by atoms with E-state index in [1.54, 1.807) is 0 Å². The number of aromatic nitrogens is 1. The topological polar surface area (TPSA) is 34.2 Å². The zero-order valence-corrected chi connectivity index (χ0v) is 11.3. The Morgan fingerprint density at radius 2 is 2.22 bits per heavy atom. The molecule has 100 valence electrons. The number of pyridine rings is 1. The number of ether oxygens (including phenoxy) is 1. The lowest BCUT2D eigenvalue weighted by Gasteiger charge is -2.30. The average molecular weight is 248 g/mol. The quantitative estimate of drug-likeness (QED) is 0.840. The molecule has 2 atom stereocenters. The fourth-order valence-electron chi connectivity index (χ4n) is 2.56. The van der Waals surface area contributed by atoms with Gasteiger partial charge in [0.05, 0.1) is 6.10 Å². The van der Waals surface area contributed by atoms with Crippen molar-refractivity contribution in [2.45, 2.75) is 51.2 Å². The van der Waals surface area contributed by atoms with Gasteiger partial charge >= 0.3 is 0 Å². The van der Waals surface area contributed by atoms with Crippen LogP contribution in [-0.2, 0) is 11.2 Å². The highest BCUT2D eigenvalue weighted by atomic mass is 16.5. The molecule has 1 aromatic heterocycles. The molecule has 2 unspecified atom stereocenters. The molecule has 3 heteroatoms. The minimum absolute atomic E-state index is 0.474. The van der Waals surface area contributed by atoms with E-state index in [-0.39, 0.29) is 0 Å². The Hall–Kier alpha value is -0.930. The highest BCUT2D eigenvalue weighted by molar-refractivity contribution is 5.09. The second-order valence-corrected chi connectivity index (χ2v) is 5.06. The van der Waals surface area contributed by atoms with Crippen LogP contribution in [0.5, 0.6) is 0 Å². The Labute approximate surface area is 110 Å². The van der Waals surface area contributed by atoms with Crippen molar-refractivity contribution in [1.82, 2.24) is 10.3 Å². The van der Waals surface area contributed by atoms with E-state index in [0.717, 1.165) is 26.0 Å². The van der Waals surface area contributed by atoms with Crippen molar-refractivity contribution in [3.8, 4) is 0 Å². The molecule has 0 bridgehead atoms. The van der Waals surface area contributed by atoms with Gasteiger partial charge in [-0.1, -0.05) is 13.3 Å². The van der Waals surface area contributed by atoms with Crippen LogP contribution in [-0.4, -0.2) is 30.3 Å². The maximum Gasteiger partial charge on any atom is 0.0589 e. The summed E-state index contributed by atoms with van der Waals surface area (Å²) in [6.07, 6.45) is 10.0. The largest absolute Gasteiger partial charge is 0.378 e. The molecule has 2 heterocycles. The second kappa shape index (κ2) is 7.49. The van der Waals surface area contributed by atoms with Gasteiger partial charge < -0.3 is 10.1 Å². The standard InChI is InChI=1S/C15H24N2O/c1-2-3-15-12-14(7-11-18-15)17-10-6-13-4-8-16-9-5-13/h4-5,8-9,14-15,17H,2-3,6-7,10-12H2,1H3. The normalized spacial score (nSPS) is 24.1. The zero-order valence-electron chi connectivity index (χ0n) is 11.3. The molecule has 1 fully saturated rings. The summed E-state index contributed by atoms with van der Waals surface area (Å²) in [5, 5.41) is 3.66. The Kier molecular flexibility index (Phi) is 5.62. The number of nitrogens with one attached hydrogen (secondary N) is 1. The molecule has 0 radical (unpaired) electrons. The maximum atomic E-state index is 5.76. The van der Waals surface area contributed by atoms with E-state index in [1.807, 2.05) is 12.4 Å². The third-order valence-electron chi connectivity index (χ3n) is 3.57. The van der Waals surface area contributed by atoms with Gasteiger partial charge in [0.15, 0.2) is 0 Å². The Bertz CT molecular complexity index is 327. The minimum Gasteiger partial charge on any atom is -0.378 e. The third-order valence-corrected chi connectivity index (χ3v) is 3.57. The first kappa shape index (κ1) is 13.5. The molecule has 1 aromatic rings. The first-order valence-corrected chi connectivity index (χ1v) is 7.12. The number of hydrogen-bond donors (Lipinski definition) is 1. The van der Waals surface area contributed by atoms with Crippen LogP contribution in [0.3, 0.4) is 0 Å². The van der Waals surface area contributed by atoms with Crippen LogP contribution in [0.15, 0.2) is 24.5 Å². The summed E-state index contributed by atoms with van der Waals surface area (Å²) in [6, 6.07) is 4.81. The van der Waals surface area contributed by atoms with Gasteiger partial charge in [-0.05, 0) is 49.9 Å². The predicted molar refractivity (Wildman–Crippen MR) is 73.6 cm³/mol. The molecule has 1 aliphatic rings. The highest BCUT2D eigenvalue weighted by Crippen LogP contribution is 2.17. The van der Waals surface area contributed by atoms with Gasteiger partial charge in [0.1, 0.15) is 0 Å². The Morgan fingerprint density at radius 3 is 3.00 bits per heavy atom. The van der Waals surface area contributed by atoms with Gasteiger partial charge in [-0.15, -0.1) is 0 Å². The monoisotopic (exact) mass is 248 g/mol. The molecule has 1 aliphatic heterocycles. The zero-order chi connectivity index (χ0) is 12.6. The van der Waals surface area contributed by atoms with E-state index in [1.165, 1.54) is 24.8 Å². The fourth-order valence-corrected chi connectivity index (χ4v) is 2.56. The van der Waals surface area contributed by atoms with Crippen molar-refractivity contribution in [2.75, 3.05) is 13.2 Å². The van der Waals surface area contributed by atoms with E-state index in [0.29, 0.717) is 12.1 Å². The van der Waals surface area contributed by atoms with Gasteiger partial charge in [0.2, 0.25) is 0 Å². The fraction of sp³-hybridized carbons (Fsp3) is 0.667. The molecule has 0 aromatic carbocycles. The van der Waals surface area contributed by atoms with Gasteiger partial charge in [-0.3, -0.25) is 4.98 Å². The smallest absolute Gasteiger partial charge is 0.0589 e. The minimum atomic E-state index is 0.474. The second-order valence-electron chi connectivity index (χ2n) is 5.06. The summed E-state index contributed by atoms with van der Waals surface area (Å²) in [5.41, 5.74) is 1.36. The molecule has 2 rings (SSSR count). The van der Waals surface area contributed by atoms with Crippen molar-refractivity contribution in [1.29, 1.82) is 0 Å². The first-order chi connectivity index (χ1) is 8.88. The highest BCUT2D eigenvalue weighted by Gasteiger charge is 2.21. The van der Waals surface area contributed by atoms with Crippen molar-refractivity contribution >= 4 is 0 Å². The van der Waals surface area contributed by atoms with Crippen molar-refractivity contribution in [3.05, 3.63) is 30.1 Å². The molecule has 1 N–H and O–H groups in total. The van der Waals surface area contributed by atoms with Crippen molar-refractivity contribution in [3.63, 3.8) is 0 Å². The molecular weight excluding hydrogens is 224 g/mol. The lowest BCUT2D eigenvalue weighted by atomic mass is 10.00. The predicted octanol–water partition coefficient (Wildman–Crippen LogP) is 2.56. The number of rotatable bonds is 6. The summed E-state index contributed by atoms with van der Waals surface area (Å²) >= 11 is 0. The van der Waals surface area contributed by atoms with E-state index in [9.17, 15) is 0 Å². The van der Waals surface area contributed by atoms with Crippen molar-refractivity contribution in [2.24, 2.45) is 0 Å². The maximum absolute atomic E-state index is 5.76. The van der Waals surface area contributed by atoms with Gasteiger partial charge in [0.25, 0.3) is 0 Å². The van der Waals surface area contributed by atoms with E-state index >= 15 is 0 Å². The van der Waals surface area contributed by atoms with Crippen LogP contribution in [0, 0.1) is 0 Å². The van der Waals surface area contributed by atoms with Gasteiger partial charge in [0, 0.05) is 25.0 Å². The van der Waals surface area contributed by atoms with Crippen LogP contribution in [0.1, 0.15) is 38.2 Å². The molecule has 0 amide bonds.